The summed E-state index contributed by atoms with van der Waals surface area (Å²) < 4.78 is 4.88. The van der Waals surface area contributed by atoms with Crippen LogP contribution in [0.4, 0.5) is 0 Å². The number of carbonyl (C=O) groups is 1. The largest absolute Gasteiger partial charge is 0.468 e. The highest BCUT2D eigenvalue weighted by atomic mass is 16.5. The molecule has 0 radical (unpaired) electrons. The van der Waals surface area contributed by atoms with Crippen LogP contribution in [0.3, 0.4) is 0 Å². The molecule has 16 heavy (non-hydrogen) atoms. The average molecular weight is 229 g/mol. The molecule has 1 saturated carbocycles. The lowest BCUT2D eigenvalue weighted by atomic mass is 9.81. The Morgan fingerprint density at radius 3 is 2.56 bits per heavy atom. The summed E-state index contributed by atoms with van der Waals surface area (Å²) in [6, 6.07) is 0. The number of aliphatic hydroxyl groups excluding tert-OH is 1. The van der Waals surface area contributed by atoms with E-state index < -0.39 is 5.54 Å². The predicted octanol–water partition coefficient (Wildman–Crippen LogP) is 1.22. The number of hydrogen-bond donors (Lipinski definition) is 2. The van der Waals surface area contributed by atoms with Gasteiger partial charge in [0.1, 0.15) is 5.54 Å². The average Bonchev–Trinajstić information content (AvgIpc) is 2.36. The van der Waals surface area contributed by atoms with Gasteiger partial charge in [-0.05, 0) is 19.3 Å². The first-order valence-electron chi connectivity index (χ1n) is 6.16. The molecule has 0 spiro atoms. The van der Waals surface area contributed by atoms with E-state index in [0.29, 0.717) is 13.0 Å². The summed E-state index contributed by atoms with van der Waals surface area (Å²) in [5.41, 5.74) is -0.552. The summed E-state index contributed by atoms with van der Waals surface area (Å²) in [6.07, 6.45) is 5.21. The molecule has 0 bridgehead atoms. The van der Waals surface area contributed by atoms with Crippen LogP contribution in [0.5, 0.6) is 0 Å². The van der Waals surface area contributed by atoms with Gasteiger partial charge in [-0.25, -0.2) is 0 Å². The summed E-state index contributed by atoms with van der Waals surface area (Å²) in [7, 11) is 1.43. The van der Waals surface area contributed by atoms with E-state index in [9.17, 15) is 9.90 Å². The lowest BCUT2D eigenvalue weighted by Gasteiger charge is -2.36. The van der Waals surface area contributed by atoms with Crippen LogP contribution < -0.4 is 5.32 Å². The van der Waals surface area contributed by atoms with Crippen molar-refractivity contribution in [3.63, 3.8) is 0 Å². The summed E-state index contributed by atoms with van der Waals surface area (Å²) in [5.74, 6) is -0.185. The van der Waals surface area contributed by atoms with Crippen molar-refractivity contribution in [3.05, 3.63) is 0 Å². The zero-order chi connectivity index (χ0) is 12.0. The molecule has 1 aliphatic rings. The Hall–Kier alpha value is -0.610. The molecule has 0 saturated heterocycles. The van der Waals surface area contributed by atoms with E-state index in [-0.39, 0.29) is 12.1 Å². The third-order valence-electron chi connectivity index (χ3n) is 3.43. The van der Waals surface area contributed by atoms with Gasteiger partial charge >= 0.3 is 5.97 Å². The first-order chi connectivity index (χ1) is 7.64. The maximum atomic E-state index is 11.8. The summed E-state index contributed by atoms with van der Waals surface area (Å²) in [6.45, 7) is 2.39. The van der Waals surface area contributed by atoms with Crippen molar-refractivity contribution in [2.75, 3.05) is 13.7 Å². The molecule has 0 aromatic carbocycles. The standard InChI is InChI=1S/C12H23NO3/c1-3-10(14)9-13-12(11(15)16-2)7-5-4-6-8-12/h10,13-14H,3-9H2,1-2H3/t10-/m1/s1. The lowest BCUT2D eigenvalue weighted by molar-refractivity contribution is -0.150. The minimum Gasteiger partial charge on any atom is -0.468 e. The number of rotatable bonds is 5. The Morgan fingerprint density at radius 2 is 2.06 bits per heavy atom. The fourth-order valence-electron chi connectivity index (χ4n) is 2.26. The first-order valence-corrected chi connectivity index (χ1v) is 6.16. The molecular formula is C12H23NO3. The fraction of sp³-hybridized carbons (Fsp3) is 0.917. The normalized spacial score (nSPS) is 21.4. The SMILES string of the molecule is CC[C@@H](O)CNC1(C(=O)OC)CCCCC1. The second kappa shape index (κ2) is 6.21. The van der Waals surface area contributed by atoms with Crippen LogP contribution in [0.1, 0.15) is 45.4 Å². The molecule has 0 aromatic heterocycles. The van der Waals surface area contributed by atoms with E-state index >= 15 is 0 Å². The van der Waals surface area contributed by atoms with Crippen LogP contribution >= 0.6 is 0 Å². The number of methoxy groups -OCH3 is 1. The van der Waals surface area contributed by atoms with Gasteiger partial charge in [0, 0.05) is 6.54 Å². The molecule has 1 aliphatic carbocycles. The van der Waals surface area contributed by atoms with Gasteiger partial charge in [0.25, 0.3) is 0 Å². The van der Waals surface area contributed by atoms with Gasteiger partial charge in [-0.2, -0.15) is 0 Å². The molecule has 0 aliphatic heterocycles. The minimum absolute atomic E-state index is 0.185. The number of carbonyl (C=O) groups excluding carboxylic acids is 1. The summed E-state index contributed by atoms with van der Waals surface area (Å²) >= 11 is 0. The second-order valence-electron chi connectivity index (χ2n) is 4.58. The quantitative estimate of drug-likeness (QED) is 0.696. The number of hydrogen-bond acceptors (Lipinski definition) is 4. The Kier molecular flexibility index (Phi) is 5.22. The zero-order valence-corrected chi connectivity index (χ0v) is 10.3. The van der Waals surface area contributed by atoms with Gasteiger partial charge in [0.05, 0.1) is 13.2 Å². The molecule has 4 heteroatoms. The third kappa shape index (κ3) is 3.19. The highest BCUT2D eigenvalue weighted by molar-refractivity contribution is 5.80. The molecule has 0 aromatic rings. The predicted molar refractivity (Wildman–Crippen MR) is 62.1 cm³/mol. The first kappa shape index (κ1) is 13.5. The molecule has 0 heterocycles. The van der Waals surface area contributed by atoms with E-state index in [0.717, 1.165) is 25.7 Å². The third-order valence-corrected chi connectivity index (χ3v) is 3.43. The molecule has 2 N–H and O–H groups in total. The highest BCUT2D eigenvalue weighted by Crippen LogP contribution is 2.29. The Labute approximate surface area is 97.4 Å². The van der Waals surface area contributed by atoms with Crippen LogP contribution in [-0.2, 0) is 9.53 Å². The van der Waals surface area contributed by atoms with Crippen molar-refractivity contribution >= 4 is 5.97 Å². The van der Waals surface area contributed by atoms with Gasteiger partial charge in [0.15, 0.2) is 0 Å². The van der Waals surface area contributed by atoms with E-state index in [1.165, 1.54) is 13.5 Å². The zero-order valence-electron chi connectivity index (χ0n) is 10.3. The number of esters is 1. The van der Waals surface area contributed by atoms with Crippen molar-refractivity contribution in [2.24, 2.45) is 0 Å². The summed E-state index contributed by atoms with van der Waals surface area (Å²) in [4.78, 5) is 11.8. The van der Waals surface area contributed by atoms with Crippen LogP contribution in [-0.4, -0.2) is 36.4 Å². The molecule has 0 unspecified atom stereocenters. The number of aliphatic hydroxyl groups is 1. The second-order valence-corrected chi connectivity index (χ2v) is 4.58. The van der Waals surface area contributed by atoms with Crippen LogP contribution in [0.2, 0.25) is 0 Å². The van der Waals surface area contributed by atoms with Crippen molar-refractivity contribution in [1.82, 2.24) is 5.32 Å². The molecule has 1 rings (SSSR count). The van der Waals surface area contributed by atoms with Crippen molar-refractivity contribution in [2.45, 2.75) is 57.1 Å². The summed E-state index contributed by atoms with van der Waals surface area (Å²) in [5, 5.41) is 12.8. The van der Waals surface area contributed by atoms with Gasteiger partial charge in [0.2, 0.25) is 0 Å². The van der Waals surface area contributed by atoms with E-state index in [1.807, 2.05) is 6.92 Å². The Morgan fingerprint density at radius 1 is 1.44 bits per heavy atom. The van der Waals surface area contributed by atoms with Crippen molar-refractivity contribution in [1.29, 1.82) is 0 Å². The van der Waals surface area contributed by atoms with E-state index in [2.05, 4.69) is 5.32 Å². The van der Waals surface area contributed by atoms with Crippen LogP contribution in [0.25, 0.3) is 0 Å². The molecule has 4 nitrogen and oxygen atoms in total. The van der Waals surface area contributed by atoms with Gasteiger partial charge in [-0.3, -0.25) is 10.1 Å². The molecule has 94 valence electrons. The Balaban J connectivity index is 2.59. The van der Waals surface area contributed by atoms with Gasteiger partial charge < -0.3 is 9.84 Å². The molecule has 0 amide bonds. The number of β-amino-alcohol motifs (C(OH)–C–C–N with tert-alkyl or cyclic N) is 1. The number of ether oxygens (including phenoxy) is 1. The monoisotopic (exact) mass is 229 g/mol. The maximum absolute atomic E-state index is 11.8. The van der Waals surface area contributed by atoms with Gasteiger partial charge in [-0.15, -0.1) is 0 Å². The molecule has 1 fully saturated rings. The van der Waals surface area contributed by atoms with E-state index in [4.69, 9.17) is 4.74 Å². The van der Waals surface area contributed by atoms with Crippen LogP contribution in [0.15, 0.2) is 0 Å². The topological polar surface area (TPSA) is 58.6 Å². The maximum Gasteiger partial charge on any atom is 0.326 e. The Bertz CT molecular complexity index is 224. The minimum atomic E-state index is -0.552. The number of nitrogens with one attached hydrogen (secondary N) is 1. The van der Waals surface area contributed by atoms with Crippen LogP contribution in [0, 0.1) is 0 Å². The van der Waals surface area contributed by atoms with Gasteiger partial charge in [-0.1, -0.05) is 26.2 Å². The van der Waals surface area contributed by atoms with E-state index in [1.54, 1.807) is 0 Å². The van der Waals surface area contributed by atoms with Crippen molar-refractivity contribution in [3.8, 4) is 0 Å². The molecular weight excluding hydrogens is 206 g/mol. The highest BCUT2D eigenvalue weighted by Gasteiger charge is 2.40. The molecule has 1 atom stereocenters. The lowest BCUT2D eigenvalue weighted by Crippen LogP contribution is -2.55. The fourth-order valence-corrected chi connectivity index (χ4v) is 2.26. The van der Waals surface area contributed by atoms with Crippen molar-refractivity contribution < 1.29 is 14.6 Å². The smallest absolute Gasteiger partial charge is 0.326 e.